The van der Waals surface area contributed by atoms with Crippen LogP contribution in [-0.4, -0.2) is 25.3 Å². The van der Waals surface area contributed by atoms with E-state index in [9.17, 15) is 5.11 Å². The van der Waals surface area contributed by atoms with Crippen molar-refractivity contribution in [2.75, 3.05) is 20.2 Å². The van der Waals surface area contributed by atoms with Crippen molar-refractivity contribution in [3.05, 3.63) is 22.8 Å². The zero-order valence-corrected chi connectivity index (χ0v) is 10.8. The third kappa shape index (κ3) is 2.25. The molecule has 2 N–H and O–H groups in total. The fraction of sp³-hybridized carbons (Fsp3) is 0.571. The van der Waals surface area contributed by atoms with Crippen LogP contribution in [0.5, 0.6) is 11.5 Å². The van der Waals surface area contributed by atoms with E-state index in [0.29, 0.717) is 11.7 Å². The smallest absolute Gasteiger partial charge is 0.122 e. The number of hydrogen-bond acceptors (Lipinski definition) is 3. The minimum atomic E-state index is 0.400. The average Bonchev–Trinajstić information content (AvgIpc) is 2.37. The van der Waals surface area contributed by atoms with Gasteiger partial charge in [-0.15, -0.1) is 0 Å². The van der Waals surface area contributed by atoms with E-state index in [2.05, 4.69) is 5.32 Å². The van der Waals surface area contributed by atoms with E-state index >= 15 is 0 Å². The predicted molar refractivity (Wildman–Crippen MR) is 69.0 cm³/mol. The summed E-state index contributed by atoms with van der Waals surface area (Å²) in [7, 11) is 1.68. The molecule has 0 aliphatic carbocycles. The number of aromatic hydroxyl groups is 1. The summed E-state index contributed by atoms with van der Waals surface area (Å²) in [6, 6.07) is 2.00. The second-order valence-electron chi connectivity index (χ2n) is 4.81. The Bertz CT molecular complexity index is 409. The third-order valence-corrected chi connectivity index (χ3v) is 3.80. The molecule has 0 amide bonds. The predicted octanol–water partition coefficient (Wildman–Crippen LogP) is 2.48. The van der Waals surface area contributed by atoms with E-state index in [4.69, 9.17) is 4.74 Å². The number of phenols is 1. The Labute approximate surface area is 103 Å². The van der Waals surface area contributed by atoms with Gasteiger partial charge in [0.1, 0.15) is 11.5 Å². The molecule has 2 rings (SSSR count). The summed E-state index contributed by atoms with van der Waals surface area (Å²) in [5, 5.41) is 13.6. The Hall–Kier alpha value is -1.22. The van der Waals surface area contributed by atoms with Crippen LogP contribution >= 0.6 is 0 Å². The van der Waals surface area contributed by atoms with Crippen LogP contribution in [0.4, 0.5) is 0 Å². The van der Waals surface area contributed by atoms with Gasteiger partial charge in [-0.05, 0) is 50.4 Å². The van der Waals surface area contributed by atoms with Gasteiger partial charge < -0.3 is 15.2 Å². The molecule has 1 heterocycles. The van der Waals surface area contributed by atoms with Crippen molar-refractivity contribution >= 4 is 0 Å². The van der Waals surface area contributed by atoms with Gasteiger partial charge in [0.25, 0.3) is 0 Å². The Morgan fingerprint density at radius 1 is 1.35 bits per heavy atom. The number of benzene rings is 1. The monoisotopic (exact) mass is 235 g/mol. The molecular weight excluding hydrogens is 214 g/mol. The molecule has 1 unspecified atom stereocenters. The van der Waals surface area contributed by atoms with Crippen LogP contribution in [0.1, 0.15) is 35.4 Å². The number of nitrogens with one attached hydrogen (secondary N) is 1. The zero-order chi connectivity index (χ0) is 12.4. The maximum Gasteiger partial charge on any atom is 0.122 e. The number of phenolic OH excluding ortho intramolecular Hbond substituents is 1. The number of ether oxygens (including phenoxy) is 1. The Morgan fingerprint density at radius 2 is 2.12 bits per heavy atom. The molecule has 1 aliphatic rings. The highest BCUT2D eigenvalue weighted by Crippen LogP contribution is 2.38. The van der Waals surface area contributed by atoms with Crippen LogP contribution in [0.2, 0.25) is 0 Å². The average molecular weight is 235 g/mol. The van der Waals surface area contributed by atoms with Crippen LogP contribution < -0.4 is 10.1 Å². The summed E-state index contributed by atoms with van der Waals surface area (Å²) in [4.78, 5) is 0. The van der Waals surface area contributed by atoms with Gasteiger partial charge in [0, 0.05) is 18.0 Å². The van der Waals surface area contributed by atoms with Crippen molar-refractivity contribution in [2.45, 2.75) is 32.6 Å². The van der Waals surface area contributed by atoms with Gasteiger partial charge in [-0.2, -0.15) is 0 Å². The Balaban J connectivity index is 2.42. The van der Waals surface area contributed by atoms with Crippen LogP contribution in [0.25, 0.3) is 0 Å². The number of hydrogen-bond donors (Lipinski definition) is 2. The van der Waals surface area contributed by atoms with Crippen molar-refractivity contribution in [3.63, 3.8) is 0 Å². The van der Waals surface area contributed by atoms with E-state index in [0.717, 1.165) is 42.0 Å². The first-order chi connectivity index (χ1) is 8.15. The molecule has 0 spiro atoms. The standard InChI is InChI=1S/C14H21NO2/c1-9-10(2)14(16)12(7-13(9)17-3)11-5-4-6-15-8-11/h7,11,15-16H,4-6,8H2,1-3H3. The minimum Gasteiger partial charge on any atom is -0.507 e. The van der Waals surface area contributed by atoms with Crippen LogP contribution in [-0.2, 0) is 0 Å². The third-order valence-electron chi connectivity index (χ3n) is 3.80. The molecule has 1 atom stereocenters. The zero-order valence-electron chi connectivity index (χ0n) is 10.8. The van der Waals surface area contributed by atoms with Gasteiger partial charge >= 0.3 is 0 Å². The highest BCUT2D eigenvalue weighted by Gasteiger charge is 2.21. The maximum absolute atomic E-state index is 10.3. The Kier molecular flexibility index (Phi) is 3.57. The quantitative estimate of drug-likeness (QED) is 0.827. The summed E-state index contributed by atoms with van der Waals surface area (Å²) >= 11 is 0. The molecule has 1 aromatic carbocycles. The van der Waals surface area contributed by atoms with Gasteiger partial charge in [-0.1, -0.05) is 0 Å². The van der Waals surface area contributed by atoms with E-state index in [1.807, 2.05) is 19.9 Å². The lowest BCUT2D eigenvalue weighted by Crippen LogP contribution is -2.28. The molecule has 94 valence electrons. The van der Waals surface area contributed by atoms with E-state index in [1.54, 1.807) is 7.11 Å². The lowest BCUT2D eigenvalue weighted by atomic mass is 9.88. The molecule has 0 radical (unpaired) electrons. The van der Waals surface area contributed by atoms with Crippen LogP contribution in [0, 0.1) is 13.8 Å². The fourth-order valence-corrected chi connectivity index (χ4v) is 2.54. The highest BCUT2D eigenvalue weighted by atomic mass is 16.5. The van der Waals surface area contributed by atoms with Gasteiger partial charge in [-0.3, -0.25) is 0 Å². The normalized spacial score (nSPS) is 20.3. The molecule has 3 heteroatoms. The van der Waals surface area contributed by atoms with Gasteiger partial charge in [0.15, 0.2) is 0 Å². The molecule has 0 aromatic heterocycles. The first-order valence-corrected chi connectivity index (χ1v) is 6.23. The molecule has 1 fully saturated rings. The molecule has 0 saturated carbocycles. The summed E-state index contributed by atoms with van der Waals surface area (Å²) in [6.45, 7) is 5.96. The first-order valence-electron chi connectivity index (χ1n) is 6.23. The SMILES string of the molecule is COc1cc(C2CCCNC2)c(O)c(C)c1C. The minimum absolute atomic E-state index is 0.400. The van der Waals surface area contributed by atoms with Crippen molar-refractivity contribution in [1.29, 1.82) is 0 Å². The van der Waals surface area contributed by atoms with Gasteiger partial charge in [0.2, 0.25) is 0 Å². The molecule has 17 heavy (non-hydrogen) atoms. The van der Waals surface area contributed by atoms with Gasteiger partial charge in [-0.25, -0.2) is 0 Å². The second-order valence-corrected chi connectivity index (χ2v) is 4.81. The van der Waals surface area contributed by atoms with Crippen molar-refractivity contribution < 1.29 is 9.84 Å². The summed E-state index contributed by atoms with van der Waals surface area (Å²) < 4.78 is 5.38. The lowest BCUT2D eigenvalue weighted by Gasteiger charge is -2.25. The van der Waals surface area contributed by atoms with E-state index < -0.39 is 0 Å². The van der Waals surface area contributed by atoms with Crippen molar-refractivity contribution in [2.24, 2.45) is 0 Å². The molecule has 3 nitrogen and oxygen atoms in total. The topological polar surface area (TPSA) is 41.5 Å². The number of methoxy groups -OCH3 is 1. The van der Waals surface area contributed by atoms with Crippen molar-refractivity contribution in [3.8, 4) is 11.5 Å². The number of rotatable bonds is 2. The summed E-state index contributed by atoms with van der Waals surface area (Å²) in [5.41, 5.74) is 2.99. The molecule has 1 aromatic rings. The summed E-state index contributed by atoms with van der Waals surface area (Å²) in [6.07, 6.45) is 2.30. The molecule has 0 bridgehead atoms. The van der Waals surface area contributed by atoms with Crippen LogP contribution in [0.15, 0.2) is 6.07 Å². The van der Waals surface area contributed by atoms with Crippen LogP contribution in [0.3, 0.4) is 0 Å². The fourth-order valence-electron chi connectivity index (χ4n) is 2.54. The maximum atomic E-state index is 10.3. The van der Waals surface area contributed by atoms with E-state index in [-0.39, 0.29) is 0 Å². The molecule has 1 saturated heterocycles. The molecular formula is C14H21NO2. The van der Waals surface area contributed by atoms with Gasteiger partial charge in [0.05, 0.1) is 7.11 Å². The molecule has 1 aliphatic heterocycles. The van der Waals surface area contributed by atoms with Crippen molar-refractivity contribution in [1.82, 2.24) is 5.32 Å². The lowest BCUT2D eigenvalue weighted by molar-refractivity contribution is 0.397. The van der Waals surface area contributed by atoms with E-state index in [1.165, 1.54) is 6.42 Å². The highest BCUT2D eigenvalue weighted by molar-refractivity contribution is 5.53. The number of piperidine rings is 1. The largest absolute Gasteiger partial charge is 0.507 e. The Morgan fingerprint density at radius 3 is 2.71 bits per heavy atom. The first kappa shape index (κ1) is 12.2. The second kappa shape index (κ2) is 4.96. The summed E-state index contributed by atoms with van der Waals surface area (Å²) in [5.74, 6) is 1.72.